The molecule has 0 saturated heterocycles. The molecule has 0 aromatic heterocycles. The van der Waals surface area contributed by atoms with Gasteiger partial charge in [0.25, 0.3) is 0 Å². The molecule has 3 heteroatoms. The van der Waals surface area contributed by atoms with E-state index in [-0.39, 0.29) is 0 Å². The van der Waals surface area contributed by atoms with Crippen LogP contribution in [0.3, 0.4) is 0 Å². The Kier molecular flexibility index (Phi) is 5.20. The van der Waals surface area contributed by atoms with Gasteiger partial charge in [0.15, 0.2) is 23.0 Å². The Morgan fingerprint density at radius 1 is 0.372 bits per heavy atom. The third-order valence-corrected chi connectivity index (χ3v) is 8.45. The van der Waals surface area contributed by atoms with Gasteiger partial charge in [0, 0.05) is 0 Å². The minimum atomic E-state index is 0.780. The normalized spacial score (nSPS) is 12.5. The molecule has 0 amide bonds. The van der Waals surface area contributed by atoms with E-state index < -0.39 is 0 Å². The molecule has 2 heterocycles. The van der Waals surface area contributed by atoms with E-state index in [1.54, 1.807) is 0 Å². The monoisotopic (exact) mass is 551 g/mol. The highest BCUT2D eigenvalue weighted by Crippen LogP contribution is 2.60. The van der Waals surface area contributed by atoms with Crippen molar-refractivity contribution in [3.05, 3.63) is 152 Å². The lowest BCUT2D eigenvalue weighted by atomic mass is 9.91. The molecule has 0 atom stereocenters. The van der Waals surface area contributed by atoms with Gasteiger partial charge >= 0.3 is 0 Å². The summed E-state index contributed by atoms with van der Waals surface area (Å²) in [6.45, 7) is 0. The summed E-state index contributed by atoms with van der Waals surface area (Å²) in [4.78, 5) is 2.28. The molecule has 0 unspecified atom stereocenters. The second-order valence-electron chi connectivity index (χ2n) is 10.9. The minimum absolute atomic E-state index is 0.780. The van der Waals surface area contributed by atoms with Gasteiger partial charge in [0.05, 0.1) is 11.4 Å². The summed E-state index contributed by atoms with van der Waals surface area (Å²) in [6.07, 6.45) is 0. The van der Waals surface area contributed by atoms with E-state index >= 15 is 0 Å². The molecule has 2 aliphatic heterocycles. The van der Waals surface area contributed by atoms with E-state index in [1.807, 2.05) is 24.3 Å². The van der Waals surface area contributed by atoms with Gasteiger partial charge in [-0.3, -0.25) is 4.90 Å². The van der Waals surface area contributed by atoms with Crippen molar-refractivity contribution in [2.75, 3.05) is 4.90 Å². The van der Waals surface area contributed by atoms with Crippen LogP contribution >= 0.6 is 0 Å². The number of hydrogen-bond acceptors (Lipinski definition) is 3. The minimum Gasteiger partial charge on any atom is -0.453 e. The molecule has 0 radical (unpaired) electrons. The summed E-state index contributed by atoms with van der Waals surface area (Å²) >= 11 is 0. The topological polar surface area (TPSA) is 21.7 Å². The third-order valence-electron chi connectivity index (χ3n) is 8.45. The summed E-state index contributed by atoms with van der Waals surface area (Å²) in [7, 11) is 0. The number of rotatable bonds is 3. The third kappa shape index (κ3) is 3.75. The Bertz CT molecular complexity index is 2200. The van der Waals surface area contributed by atoms with Gasteiger partial charge in [-0.25, -0.2) is 0 Å². The van der Waals surface area contributed by atoms with Crippen LogP contribution in [-0.4, -0.2) is 0 Å². The van der Waals surface area contributed by atoms with Gasteiger partial charge in [-0.1, -0.05) is 115 Å². The van der Waals surface area contributed by atoms with E-state index in [9.17, 15) is 0 Å². The van der Waals surface area contributed by atoms with E-state index in [4.69, 9.17) is 9.47 Å². The maximum Gasteiger partial charge on any atom is 0.155 e. The molecule has 9 rings (SSSR count). The summed E-state index contributed by atoms with van der Waals surface area (Å²) < 4.78 is 13.1. The molecule has 7 aromatic carbocycles. The first-order valence-electron chi connectivity index (χ1n) is 14.5. The first-order valence-corrected chi connectivity index (χ1v) is 14.5. The predicted molar refractivity (Wildman–Crippen MR) is 175 cm³/mol. The zero-order chi connectivity index (χ0) is 28.3. The fourth-order valence-electron chi connectivity index (χ4n) is 6.46. The standard InChI is InChI=1S/C40H25NO2/c1-2-10-26(11-3-1)28-20-22-34-38(24-28)42-36-18-9-19-37-40(36)41(34)35-23-21-29(25-39(35)43-37)31-15-6-7-16-32(31)33-17-8-13-27-12-4-5-14-30(27)33/h1-25H. The fraction of sp³-hybridized carbons (Fsp3) is 0. The van der Waals surface area contributed by atoms with Crippen LogP contribution in [0.1, 0.15) is 0 Å². The molecule has 0 saturated carbocycles. The van der Waals surface area contributed by atoms with Crippen molar-refractivity contribution in [3.8, 4) is 56.4 Å². The Hall–Kier alpha value is -5.80. The maximum absolute atomic E-state index is 6.59. The fourth-order valence-corrected chi connectivity index (χ4v) is 6.46. The molecule has 3 nitrogen and oxygen atoms in total. The van der Waals surface area contributed by atoms with Gasteiger partial charge in [-0.05, 0) is 80.6 Å². The number of anilines is 3. The van der Waals surface area contributed by atoms with Gasteiger partial charge in [-0.2, -0.15) is 0 Å². The van der Waals surface area contributed by atoms with Crippen LogP contribution in [0.4, 0.5) is 17.1 Å². The lowest BCUT2D eigenvalue weighted by molar-refractivity contribution is 0.446. The number of hydrogen-bond donors (Lipinski definition) is 0. The molecule has 0 bridgehead atoms. The van der Waals surface area contributed by atoms with Gasteiger partial charge in [0.2, 0.25) is 0 Å². The van der Waals surface area contributed by atoms with Crippen LogP contribution in [-0.2, 0) is 0 Å². The van der Waals surface area contributed by atoms with Crippen LogP contribution in [0.2, 0.25) is 0 Å². The summed E-state index contributed by atoms with van der Waals surface area (Å²) in [5.41, 5.74) is 9.88. The van der Waals surface area contributed by atoms with E-state index in [1.165, 1.54) is 27.5 Å². The van der Waals surface area contributed by atoms with Crippen molar-refractivity contribution >= 4 is 27.8 Å². The SMILES string of the molecule is c1ccc(-c2ccc3c(c2)Oc2cccc4c2N3c2ccc(-c3ccccc3-c3cccc5ccccc35)cc2O4)cc1. The predicted octanol–water partition coefficient (Wildman–Crippen LogP) is 11.5. The van der Waals surface area contributed by atoms with Crippen molar-refractivity contribution in [2.45, 2.75) is 0 Å². The Morgan fingerprint density at radius 2 is 0.953 bits per heavy atom. The average molecular weight is 552 g/mol. The van der Waals surface area contributed by atoms with Crippen LogP contribution < -0.4 is 14.4 Å². The smallest absolute Gasteiger partial charge is 0.155 e. The number of nitrogens with zero attached hydrogens (tertiary/aromatic N) is 1. The molecule has 0 N–H and O–H groups in total. The average Bonchev–Trinajstić information content (AvgIpc) is 3.08. The first-order chi connectivity index (χ1) is 21.3. The number of benzene rings is 7. The van der Waals surface area contributed by atoms with Crippen LogP contribution in [0.5, 0.6) is 23.0 Å². The summed E-state index contributed by atoms with van der Waals surface area (Å²) in [6, 6.07) is 53.1. The number of fused-ring (bicyclic) bond motifs is 5. The van der Waals surface area contributed by atoms with Crippen LogP contribution in [0.15, 0.2) is 152 Å². The molecule has 0 spiro atoms. The molecular weight excluding hydrogens is 526 g/mol. The molecule has 0 fully saturated rings. The Balaban J connectivity index is 1.19. The molecule has 202 valence electrons. The second kappa shape index (κ2) is 9.37. The summed E-state index contributed by atoms with van der Waals surface area (Å²) in [5.74, 6) is 3.20. The molecule has 2 aliphatic rings. The van der Waals surface area contributed by atoms with E-state index in [0.29, 0.717) is 0 Å². The van der Waals surface area contributed by atoms with Gasteiger partial charge < -0.3 is 9.47 Å². The highest BCUT2D eigenvalue weighted by Gasteiger charge is 2.34. The Morgan fingerprint density at radius 3 is 1.74 bits per heavy atom. The molecular formula is C40H25NO2. The number of para-hydroxylation sites is 1. The van der Waals surface area contributed by atoms with Crippen LogP contribution in [0.25, 0.3) is 44.2 Å². The van der Waals surface area contributed by atoms with Crippen molar-refractivity contribution in [3.63, 3.8) is 0 Å². The highest BCUT2D eigenvalue weighted by molar-refractivity contribution is 6.01. The van der Waals surface area contributed by atoms with Crippen molar-refractivity contribution < 1.29 is 9.47 Å². The lowest BCUT2D eigenvalue weighted by Crippen LogP contribution is -2.20. The second-order valence-corrected chi connectivity index (χ2v) is 10.9. The number of ether oxygens (including phenoxy) is 2. The molecule has 7 aromatic rings. The van der Waals surface area contributed by atoms with Gasteiger partial charge in [-0.15, -0.1) is 0 Å². The van der Waals surface area contributed by atoms with Crippen molar-refractivity contribution in [1.82, 2.24) is 0 Å². The molecule has 43 heavy (non-hydrogen) atoms. The van der Waals surface area contributed by atoms with Crippen LogP contribution in [0, 0.1) is 0 Å². The zero-order valence-corrected chi connectivity index (χ0v) is 23.2. The molecule has 0 aliphatic carbocycles. The van der Waals surface area contributed by atoms with E-state index in [2.05, 4.69) is 132 Å². The summed E-state index contributed by atoms with van der Waals surface area (Å²) in [5, 5.41) is 2.48. The van der Waals surface area contributed by atoms with E-state index in [0.717, 1.165) is 56.8 Å². The van der Waals surface area contributed by atoms with Gasteiger partial charge in [0.1, 0.15) is 5.69 Å². The largest absolute Gasteiger partial charge is 0.453 e. The zero-order valence-electron chi connectivity index (χ0n) is 23.2. The maximum atomic E-state index is 6.59. The highest BCUT2D eigenvalue weighted by atomic mass is 16.5. The van der Waals surface area contributed by atoms with Crippen molar-refractivity contribution in [1.29, 1.82) is 0 Å². The van der Waals surface area contributed by atoms with Crippen molar-refractivity contribution in [2.24, 2.45) is 0 Å². The quantitative estimate of drug-likeness (QED) is 0.218. The first kappa shape index (κ1) is 23.9. The Labute approximate surface area is 249 Å². The lowest BCUT2D eigenvalue weighted by Gasteiger charge is -2.38.